The van der Waals surface area contributed by atoms with Crippen molar-refractivity contribution in [3.63, 3.8) is 0 Å². The molecule has 0 saturated heterocycles. The van der Waals surface area contributed by atoms with Gasteiger partial charge in [-0.25, -0.2) is 4.98 Å². The van der Waals surface area contributed by atoms with Gasteiger partial charge < -0.3 is 4.74 Å². The van der Waals surface area contributed by atoms with Gasteiger partial charge in [-0.3, -0.25) is 9.59 Å². The van der Waals surface area contributed by atoms with Crippen molar-refractivity contribution in [2.24, 2.45) is 0 Å². The first-order chi connectivity index (χ1) is 7.63. The van der Waals surface area contributed by atoms with Crippen molar-refractivity contribution in [3.8, 4) is 0 Å². The van der Waals surface area contributed by atoms with E-state index in [-0.39, 0.29) is 18.2 Å². The minimum atomic E-state index is -0.307. The highest BCUT2D eigenvalue weighted by Crippen LogP contribution is 2.03. The van der Waals surface area contributed by atoms with E-state index >= 15 is 0 Å². The van der Waals surface area contributed by atoms with Gasteiger partial charge in [-0.2, -0.15) is 0 Å². The Balaban J connectivity index is 2.70. The zero-order valence-corrected chi connectivity index (χ0v) is 9.27. The number of methoxy groups -OCH3 is 1. The maximum absolute atomic E-state index is 11.1. The summed E-state index contributed by atoms with van der Waals surface area (Å²) in [5, 5.41) is 0. The molecule has 0 atom stereocenters. The third-order valence-electron chi connectivity index (χ3n) is 1.93. The van der Waals surface area contributed by atoms with Crippen molar-refractivity contribution in [3.05, 3.63) is 35.7 Å². The van der Waals surface area contributed by atoms with Gasteiger partial charge in [0.05, 0.1) is 19.2 Å². The number of hydrogen-bond acceptors (Lipinski definition) is 4. The van der Waals surface area contributed by atoms with Gasteiger partial charge in [0.15, 0.2) is 5.78 Å². The first-order valence-corrected chi connectivity index (χ1v) is 4.85. The number of nitrogens with zero attached hydrogens (tertiary/aromatic N) is 1. The molecule has 0 N–H and O–H groups in total. The van der Waals surface area contributed by atoms with Gasteiger partial charge in [-0.1, -0.05) is 12.1 Å². The molecule has 0 aliphatic rings. The molecule has 0 amide bonds. The van der Waals surface area contributed by atoms with E-state index < -0.39 is 0 Å². The van der Waals surface area contributed by atoms with Gasteiger partial charge in [0, 0.05) is 6.92 Å². The van der Waals surface area contributed by atoms with E-state index in [2.05, 4.69) is 9.72 Å². The Kier molecular flexibility index (Phi) is 4.39. The Morgan fingerprint density at radius 1 is 1.44 bits per heavy atom. The number of carbonyl (C=O) groups is 2. The number of hydrogen-bond donors (Lipinski definition) is 0. The molecule has 0 fully saturated rings. The number of carbonyl (C=O) groups excluding carboxylic acids is 2. The second-order valence-electron chi connectivity index (χ2n) is 3.19. The van der Waals surface area contributed by atoms with Crippen LogP contribution in [0, 0.1) is 0 Å². The van der Waals surface area contributed by atoms with Gasteiger partial charge >= 0.3 is 5.97 Å². The molecule has 1 rings (SSSR count). The topological polar surface area (TPSA) is 56.3 Å². The SMILES string of the molecule is COC(=O)CC=Cc1cccc(C(C)=O)n1. The molecule has 84 valence electrons. The van der Waals surface area contributed by atoms with E-state index in [0.717, 1.165) is 0 Å². The van der Waals surface area contributed by atoms with E-state index in [9.17, 15) is 9.59 Å². The summed E-state index contributed by atoms with van der Waals surface area (Å²) in [4.78, 5) is 26.0. The standard InChI is InChI=1S/C12H13NO3/c1-9(14)11-7-3-5-10(13-11)6-4-8-12(15)16-2/h3-7H,8H2,1-2H3. The maximum atomic E-state index is 11.1. The Bertz CT molecular complexity index is 424. The van der Waals surface area contributed by atoms with Crippen LogP contribution in [-0.4, -0.2) is 23.8 Å². The summed E-state index contributed by atoms with van der Waals surface area (Å²) in [7, 11) is 1.34. The van der Waals surface area contributed by atoms with Crippen LogP contribution in [0.25, 0.3) is 6.08 Å². The average molecular weight is 219 g/mol. The number of rotatable bonds is 4. The lowest BCUT2D eigenvalue weighted by atomic mass is 10.2. The third-order valence-corrected chi connectivity index (χ3v) is 1.93. The van der Waals surface area contributed by atoms with Crippen LogP contribution in [0.15, 0.2) is 24.3 Å². The van der Waals surface area contributed by atoms with E-state index in [1.54, 1.807) is 30.4 Å². The lowest BCUT2D eigenvalue weighted by Gasteiger charge is -1.97. The van der Waals surface area contributed by atoms with Crippen molar-refractivity contribution >= 4 is 17.8 Å². The first-order valence-electron chi connectivity index (χ1n) is 4.85. The highest BCUT2D eigenvalue weighted by molar-refractivity contribution is 5.92. The van der Waals surface area contributed by atoms with Gasteiger partial charge in [-0.15, -0.1) is 0 Å². The van der Waals surface area contributed by atoms with E-state index in [0.29, 0.717) is 11.4 Å². The van der Waals surface area contributed by atoms with Gasteiger partial charge in [0.2, 0.25) is 0 Å². The lowest BCUT2D eigenvalue weighted by molar-refractivity contribution is -0.139. The Labute approximate surface area is 94.0 Å². The second-order valence-corrected chi connectivity index (χ2v) is 3.19. The normalized spacial score (nSPS) is 10.4. The van der Waals surface area contributed by atoms with Crippen LogP contribution in [0.3, 0.4) is 0 Å². The smallest absolute Gasteiger partial charge is 0.309 e. The van der Waals surface area contributed by atoms with Crippen LogP contribution in [-0.2, 0) is 9.53 Å². The van der Waals surface area contributed by atoms with Crippen molar-refractivity contribution in [1.82, 2.24) is 4.98 Å². The number of Topliss-reactive ketones (excluding diaryl/α,β-unsaturated/α-hetero) is 1. The predicted octanol–water partition coefficient (Wildman–Crippen LogP) is 1.86. The summed E-state index contributed by atoms with van der Waals surface area (Å²) < 4.78 is 4.49. The van der Waals surface area contributed by atoms with Gasteiger partial charge in [0.1, 0.15) is 5.69 Å². The Hall–Kier alpha value is -1.97. The monoisotopic (exact) mass is 219 g/mol. The minimum Gasteiger partial charge on any atom is -0.469 e. The molecule has 4 nitrogen and oxygen atoms in total. The maximum Gasteiger partial charge on any atom is 0.309 e. The van der Waals surface area contributed by atoms with Crippen molar-refractivity contribution in [1.29, 1.82) is 0 Å². The molecular weight excluding hydrogens is 206 g/mol. The molecule has 1 aromatic heterocycles. The van der Waals surface area contributed by atoms with Gasteiger partial charge in [-0.05, 0) is 18.2 Å². The Morgan fingerprint density at radius 3 is 2.81 bits per heavy atom. The van der Waals surface area contributed by atoms with Crippen LogP contribution in [0.5, 0.6) is 0 Å². The van der Waals surface area contributed by atoms with Crippen molar-refractivity contribution < 1.29 is 14.3 Å². The van der Waals surface area contributed by atoms with E-state index in [1.165, 1.54) is 14.0 Å². The minimum absolute atomic E-state index is 0.0804. The van der Waals surface area contributed by atoms with E-state index in [1.807, 2.05) is 0 Å². The molecule has 0 aliphatic carbocycles. The number of esters is 1. The summed E-state index contributed by atoms with van der Waals surface area (Å²) in [6, 6.07) is 5.17. The van der Waals surface area contributed by atoms with Crippen LogP contribution in [0.4, 0.5) is 0 Å². The summed E-state index contributed by atoms with van der Waals surface area (Å²) >= 11 is 0. The van der Waals surface area contributed by atoms with Gasteiger partial charge in [0.25, 0.3) is 0 Å². The largest absolute Gasteiger partial charge is 0.469 e. The van der Waals surface area contributed by atoms with Crippen LogP contribution < -0.4 is 0 Å². The summed E-state index contributed by atoms with van der Waals surface area (Å²) in [6.07, 6.45) is 3.53. The zero-order valence-electron chi connectivity index (χ0n) is 9.27. The molecule has 0 saturated carbocycles. The van der Waals surface area contributed by atoms with Crippen LogP contribution in [0.2, 0.25) is 0 Å². The fourth-order valence-electron chi connectivity index (χ4n) is 1.10. The molecule has 16 heavy (non-hydrogen) atoms. The highest BCUT2D eigenvalue weighted by atomic mass is 16.5. The quantitative estimate of drug-likeness (QED) is 0.573. The molecule has 1 aromatic rings. The average Bonchev–Trinajstić information content (AvgIpc) is 2.29. The van der Waals surface area contributed by atoms with E-state index in [4.69, 9.17) is 0 Å². The molecule has 0 bridgehead atoms. The number of aromatic nitrogens is 1. The fraction of sp³-hybridized carbons (Fsp3) is 0.250. The molecule has 4 heteroatoms. The molecule has 0 aromatic carbocycles. The molecule has 0 spiro atoms. The molecule has 0 radical (unpaired) electrons. The molecule has 1 heterocycles. The molecule has 0 unspecified atom stereocenters. The lowest BCUT2D eigenvalue weighted by Crippen LogP contribution is -1.98. The van der Waals surface area contributed by atoms with Crippen LogP contribution in [0.1, 0.15) is 29.5 Å². The third kappa shape index (κ3) is 3.65. The summed E-state index contributed by atoms with van der Waals surface area (Å²) in [5.41, 5.74) is 1.07. The predicted molar refractivity (Wildman–Crippen MR) is 59.9 cm³/mol. The van der Waals surface area contributed by atoms with Crippen molar-refractivity contribution in [2.75, 3.05) is 7.11 Å². The summed E-state index contributed by atoms with van der Waals surface area (Å²) in [6.45, 7) is 1.46. The highest BCUT2D eigenvalue weighted by Gasteiger charge is 2.00. The van der Waals surface area contributed by atoms with Crippen LogP contribution >= 0.6 is 0 Å². The summed E-state index contributed by atoms with van der Waals surface area (Å²) in [5.74, 6) is -0.387. The molecular formula is C12H13NO3. The molecule has 0 aliphatic heterocycles. The van der Waals surface area contributed by atoms with Crippen molar-refractivity contribution in [2.45, 2.75) is 13.3 Å². The fourth-order valence-corrected chi connectivity index (χ4v) is 1.10. The number of ketones is 1. The number of ether oxygens (including phenoxy) is 1. The number of pyridine rings is 1. The second kappa shape index (κ2) is 5.80. The zero-order chi connectivity index (χ0) is 12.0. The Morgan fingerprint density at radius 2 is 2.19 bits per heavy atom. The first kappa shape index (κ1) is 12.1.